The van der Waals surface area contributed by atoms with Crippen molar-refractivity contribution < 1.29 is 19.0 Å². The molecule has 4 heterocycles. The number of hydrogen-bond acceptors (Lipinski definition) is 9. The molecule has 0 radical (unpaired) electrons. The largest absolute Gasteiger partial charge is 0.486 e. The first kappa shape index (κ1) is 22.9. The third kappa shape index (κ3) is 5.37. The number of pyridine rings is 1. The maximum Gasteiger partial charge on any atom is 0.410 e. The average Bonchev–Trinajstić information content (AvgIpc) is 3.02. The van der Waals surface area contributed by atoms with Crippen LogP contribution in [0.5, 0.6) is 11.6 Å². The highest BCUT2D eigenvalue weighted by molar-refractivity contribution is 5.72. The van der Waals surface area contributed by atoms with Gasteiger partial charge in [0.05, 0.1) is 13.7 Å². The fourth-order valence-corrected chi connectivity index (χ4v) is 4.12. The molecule has 1 amide bonds. The Morgan fingerprint density at radius 2 is 1.97 bits per heavy atom. The van der Waals surface area contributed by atoms with E-state index in [4.69, 9.17) is 14.2 Å². The summed E-state index contributed by atoms with van der Waals surface area (Å²) in [5.41, 5.74) is 0.206. The van der Waals surface area contributed by atoms with Gasteiger partial charge in [0.1, 0.15) is 17.6 Å². The molecule has 10 heteroatoms. The Morgan fingerprint density at radius 1 is 1.18 bits per heavy atom. The summed E-state index contributed by atoms with van der Waals surface area (Å²) < 4.78 is 17.0. The number of nitrogens with zero attached hydrogens (tertiary/aromatic N) is 5. The fraction of sp³-hybridized carbons (Fsp3) is 0.565. The minimum Gasteiger partial charge on any atom is -0.486 e. The number of piperidine rings is 1. The van der Waals surface area contributed by atoms with E-state index in [0.717, 1.165) is 31.6 Å². The van der Waals surface area contributed by atoms with Crippen LogP contribution in [0.3, 0.4) is 0 Å². The molecule has 2 aliphatic rings. The number of anilines is 3. The molecule has 1 fully saturated rings. The first-order valence-electron chi connectivity index (χ1n) is 11.3. The Labute approximate surface area is 194 Å². The van der Waals surface area contributed by atoms with Crippen molar-refractivity contribution >= 4 is 23.4 Å². The fourth-order valence-electron chi connectivity index (χ4n) is 4.12. The number of fused-ring (bicyclic) bond motifs is 1. The topological polar surface area (TPSA) is 102 Å². The van der Waals surface area contributed by atoms with Crippen molar-refractivity contribution in [2.24, 2.45) is 0 Å². The number of likely N-dealkylation sites (tertiary alicyclic amines) is 1. The molecule has 0 spiro atoms. The van der Waals surface area contributed by atoms with Gasteiger partial charge in [-0.3, -0.25) is 0 Å². The summed E-state index contributed by atoms with van der Waals surface area (Å²) in [5, 5.41) is 3.29. The van der Waals surface area contributed by atoms with Crippen molar-refractivity contribution in [1.29, 1.82) is 0 Å². The van der Waals surface area contributed by atoms with Gasteiger partial charge in [0.2, 0.25) is 11.6 Å². The first-order chi connectivity index (χ1) is 15.9. The highest BCUT2D eigenvalue weighted by atomic mass is 16.6. The van der Waals surface area contributed by atoms with Gasteiger partial charge in [0.15, 0.2) is 11.6 Å². The van der Waals surface area contributed by atoms with Crippen LogP contribution in [0.4, 0.5) is 22.1 Å². The second kappa shape index (κ2) is 9.68. The smallest absolute Gasteiger partial charge is 0.410 e. The number of hydrogen-bond donors (Lipinski definition) is 1. The van der Waals surface area contributed by atoms with E-state index < -0.39 is 5.60 Å². The summed E-state index contributed by atoms with van der Waals surface area (Å²) in [6.07, 6.45) is 5.51. The quantitative estimate of drug-likeness (QED) is 0.739. The molecule has 0 unspecified atom stereocenters. The van der Waals surface area contributed by atoms with Gasteiger partial charge in [-0.2, -0.15) is 0 Å². The molecule has 1 saturated heterocycles. The van der Waals surface area contributed by atoms with Gasteiger partial charge in [-0.25, -0.2) is 19.7 Å². The molecular formula is C23H32N6O4. The standard InChI is InChI=1S/C23H32N6O4/c1-23(2,3)33-22(30)28-12-8-16(9-13-28)29-11-6-14-32-18-19(25-15-26-20(18)29)27-17-7-5-10-24-21(17)31-4/h5,7,10,15-16H,6,8-9,11-14H2,1-4H3,(H,25,26,27). The third-order valence-corrected chi connectivity index (χ3v) is 5.62. The summed E-state index contributed by atoms with van der Waals surface area (Å²) in [7, 11) is 1.58. The lowest BCUT2D eigenvalue weighted by molar-refractivity contribution is 0.0204. The molecule has 1 N–H and O–H groups in total. The molecule has 178 valence electrons. The number of carbonyl (C=O) groups excluding carboxylic acids is 1. The molecule has 2 aromatic heterocycles. The van der Waals surface area contributed by atoms with Crippen LogP contribution in [-0.2, 0) is 4.74 Å². The van der Waals surface area contributed by atoms with Gasteiger partial charge >= 0.3 is 6.09 Å². The molecule has 4 rings (SSSR count). The minimum atomic E-state index is -0.494. The van der Waals surface area contributed by atoms with Crippen LogP contribution in [0.25, 0.3) is 0 Å². The average molecular weight is 457 g/mol. The zero-order chi connectivity index (χ0) is 23.4. The molecule has 0 bridgehead atoms. The molecule has 0 aromatic carbocycles. The van der Waals surface area contributed by atoms with Crippen LogP contribution >= 0.6 is 0 Å². The zero-order valence-electron chi connectivity index (χ0n) is 19.7. The van der Waals surface area contributed by atoms with E-state index in [1.807, 2.05) is 32.9 Å². The zero-order valence-corrected chi connectivity index (χ0v) is 19.7. The second-order valence-electron chi connectivity index (χ2n) is 9.15. The monoisotopic (exact) mass is 456 g/mol. The number of nitrogens with one attached hydrogen (secondary N) is 1. The summed E-state index contributed by atoms with van der Waals surface area (Å²) in [6.45, 7) is 8.36. The van der Waals surface area contributed by atoms with Crippen LogP contribution < -0.4 is 19.7 Å². The van der Waals surface area contributed by atoms with Crippen LogP contribution in [0, 0.1) is 0 Å². The third-order valence-electron chi connectivity index (χ3n) is 5.62. The number of carbonyl (C=O) groups is 1. The van der Waals surface area contributed by atoms with E-state index in [2.05, 4.69) is 25.2 Å². The van der Waals surface area contributed by atoms with E-state index in [1.54, 1.807) is 24.5 Å². The maximum absolute atomic E-state index is 12.4. The number of methoxy groups -OCH3 is 1. The van der Waals surface area contributed by atoms with Crippen molar-refractivity contribution in [3.63, 3.8) is 0 Å². The summed E-state index contributed by atoms with van der Waals surface area (Å²) >= 11 is 0. The Hall–Kier alpha value is -3.30. The summed E-state index contributed by atoms with van der Waals surface area (Å²) in [4.78, 5) is 29.8. The number of ether oxygens (including phenoxy) is 3. The Balaban J connectivity index is 1.51. The molecule has 33 heavy (non-hydrogen) atoms. The minimum absolute atomic E-state index is 0.250. The molecule has 0 aliphatic carbocycles. The first-order valence-corrected chi connectivity index (χ1v) is 11.3. The lowest BCUT2D eigenvalue weighted by Crippen LogP contribution is -2.48. The number of aromatic nitrogens is 3. The highest BCUT2D eigenvalue weighted by Crippen LogP contribution is 2.39. The summed E-state index contributed by atoms with van der Waals surface area (Å²) in [5.74, 6) is 2.44. The van der Waals surface area contributed by atoms with Crippen LogP contribution in [0.2, 0.25) is 0 Å². The van der Waals surface area contributed by atoms with Crippen LogP contribution in [0.15, 0.2) is 24.7 Å². The summed E-state index contributed by atoms with van der Waals surface area (Å²) in [6, 6.07) is 3.96. The molecule has 0 saturated carbocycles. The predicted octanol–water partition coefficient (Wildman–Crippen LogP) is 3.61. The van der Waals surface area contributed by atoms with Crippen molar-refractivity contribution in [3.8, 4) is 11.6 Å². The molecular weight excluding hydrogens is 424 g/mol. The van der Waals surface area contributed by atoms with E-state index in [9.17, 15) is 4.79 Å². The highest BCUT2D eigenvalue weighted by Gasteiger charge is 2.33. The Kier molecular flexibility index (Phi) is 6.71. The Morgan fingerprint density at radius 3 is 2.70 bits per heavy atom. The molecule has 10 nitrogen and oxygen atoms in total. The maximum atomic E-state index is 12.4. The van der Waals surface area contributed by atoms with Gasteiger partial charge in [0.25, 0.3) is 0 Å². The molecule has 2 aliphatic heterocycles. The number of amides is 1. The van der Waals surface area contributed by atoms with E-state index >= 15 is 0 Å². The lowest BCUT2D eigenvalue weighted by Gasteiger charge is -2.39. The second-order valence-corrected chi connectivity index (χ2v) is 9.15. The van der Waals surface area contributed by atoms with Crippen LogP contribution in [0.1, 0.15) is 40.0 Å². The predicted molar refractivity (Wildman–Crippen MR) is 124 cm³/mol. The van der Waals surface area contributed by atoms with E-state index in [0.29, 0.717) is 42.8 Å². The molecule has 0 atom stereocenters. The van der Waals surface area contributed by atoms with Gasteiger partial charge in [-0.15, -0.1) is 0 Å². The van der Waals surface area contributed by atoms with Gasteiger partial charge in [-0.1, -0.05) is 0 Å². The normalized spacial score (nSPS) is 17.0. The van der Waals surface area contributed by atoms with E-state index in [-0.39, 0.29) is 12.1 Å². The van der Waals surface area contributed by atoms with Crippen LogP contribution in [-0.4, -0.2) is 70.9 Å². The number of rotatable bonds is 4. The SMILES string of the molecule is COc1ncccc1Nc1ncnc2c1OCCCN2C1CCN(C(=O)OC(C)(C)C)CC1. The van der Waals surface area contributed by atoms with Crippen molar-refractivity contribution in [2.45, 2.75) is 51.7 Å². The van der Waals surface area contributed by atoms with Gasteiger partial charge in [0, 0.05) is 31.9 Å². The van der Waals surface area contributed by atoms with Crippen molar-refractivity contribution in [2.75, 3.05) is 43.6 Å². The lowest BCUT2D eigenvalue weighted by atomic mass is 10.0. The van der Waals surface area contributed by atoms with Crippen molar-refractivity contribution in [1.82, 2.24) is 19.9 Å². The van der Waals surface area contributed by atoms with E-state index in [1.165, 1.54) is 0 Å². The van der Waals surface area contributed by atoms with Crippen molar-refractivity contribution in [3.05, 3.63) is 24.7 Å². The van der Waals surface area contributed by atoms with Gasteiger partial charge in [-0.05, 0) is 52.2 Å². The van der Waals surface area contributed by atoms with Gasteiger partial charge < -0.3 is 29.3 Å². The molecule has 2 aromatic rings. The Bertz CT molecular complexity index is 972.